The van der Waals surface area contributed by atoms with Crippen LogP contribution in [-0.2, 0) is 4.74 Å². The van der Waals surface area contributed by atoms with Crippen molar-refractivity contribution in [1.82, 2.24) is 15.8 Å². The summed E-state index contributed by atoms with van der Waals surface area (Å²) in [6.45, 7) is 4.99. The molecule has 4 rings (SSSR count). The summed E-state index contributed by atoms with van der Waals surface area (Å²) in [5.74, 6) is 1.19. The van der Waals surface area contributed by atoms with Gasteiger partial charge in [-0.05, 0) is 31.5 Å². The molecule has 2 aliphatic rings. The first kappa shape index (κ1) is 20.0. The smallest absolute Gasteiger partial charge is 0.200 e. The number of allylic oxidation sites excluding steroid dienone is 1. The standard InChI is InChI=1S/C22H25N5O3/c1-3-28-14-7-8-15(17(10-14)29-4-2)20-19-18(13-6-5-9-25-12-13)16(11-23)21(24)30-22(19)27-26-20/h5-10,12,18-20,22,26-27H,3-4,24H2,1-2H3. The highest BCUT2D eigenvalue weighted by atomic mass is 16.5. The van der Waals surface area contributed by atoms with Crippen molar-refractivity contribution >= 4 is 0 Å². The molecule has 8 heteroatoms. The fourth-order valence-corrected chi connectivity index (χ4v) is 4.23. The number of nitrogens with one attached hydrogen (secondary N) is 2. The zero-order chi connectivity index (χ0) is 21.1. The Kier molecular flexibility index (Phi) is 5.74. The maximum absolute atomic E-state index is 9.83. The van der Waals surface area contributed by atoms with Gasteiger partial charge >= 0.3 is 0 Å². The summed E-state index contributed by atoms with van der Waals surface area (Å²) in [5, 5.41) is 9.83. The van der Waals surface area contributed by atoms with Gasteiger partial charge in [-0.3, -0.25) is 4.98 Å². The van der Waals surface area contributed by atoms with Crippen molar-refractivity contribution in [3.63, 3.8) is 0 Å². The van der Waals surface area contributed by atoms with E-state index in [2.05, 4.69) is 21.9 Å². The number of fused-ring (bicyclic) bond motifs is 1. The zero-order valence-electron chi connectivity index (χ0n) is 17.0. The molecule has 30 heavy (non-hydrogen) atoms. The molecule has 4 unspecified atom stereocenters. The Hall–Kier alpha value is -3.28. The van der Waals surface area contributed by atoms with Crippen LogP contribution in [0.1, 0.15) is 36.9 Å². The number of nitrogens with zero attached hydrogens (tertiary/aromatic N) is 2. The Morgan fingerprint density at radius 3 is 2.73 bits per heavy atom. The number of pyridine rings is 1. The second-order valence-corrected chi connectivity index (χ2v) is 7.10. The summed E-state index contributed by atoms with van der Waals surface area (Å²) >= 11 is 0. The summed E-state index contributed by atoms with van der Waals surface area (Å²) in [7, 11) is 0. The number of hydrogen-bond acceptors (Lipinski definition) is 8. The fraction of sp³-hybridized carbons (Fsp3) is 0.364. The number of hydrogen-bond donors (Lipinski definition) is 3. The van der Waals surface area contributed by atoms with Gasteiger partial charge in [-0.25, -0.2) is 10.9 Å². The Labute approximate surface area is 175 Å². The fourth-order valence-electron chi connectivity index (χ4n) is 4.23. The Morgan fingerprint density at radius 1 is 1.20 bits per heavy atom. The molecule has 4 N–H and O–H groups in total. The molecule has 1 aromatic heterocycles. The summed E-state index contributed by atoms with van der Waals surface area (Å²) in [6, 6.07) is 11.7. The maximum Gasteiger partial charge on any atom is 0.200 e. The van der Waals surface area contributed by atoms with Crippen LogP contribution in [-0.4, -0.2) is 24.4 Å². The van der Waals surface area contributed by atoms with E-state index in [4.69, 9.17) is 19.9 Å². The van der Waals surface area contributed by atoms with E-state index < -0.39 is 6.23 Å². The summed E-state index contributed by atoms with van der Waals surface area (Å²) < 4.78 is 17.4. The van der Waals surface area contributed by atoms with Crippen molar-refractivity contribution in [3.05, 3.63) is 65.3 Å². The van der Waals surface area contributed by atoms with Crippen LogP contribution in [0.5, 0.6) is 11.5 Å². The summed E-state index contributed by atoms with van der Waals surface area (Å²) in [5.41, 5.74) is 14.9. The zero-order valence-corrected chi connectivity index (χ0v) is 17.0. The molecule has 0 radical (unpaired) electrons. The predicted octanol–water partition coefficient (Wildman–Crippen LogP) is 2.48. The lowest BCUT2D eigenvalue weighted by Crippen LogP contribution is -2.41. The van der Waals surface area contributed by atoms with Gasteiger partial charge in [-0.2, -0.15) is 5.26 Å². The van der Waals surface area contributed by atoms with Crippen molar-refractivity contribution in [2.45, 2.75) is 32.0 Å². The normalized spacial score (nSPS) is 25.2. The van der Waals surface area contributed by atoms with Crippen molar-refractivity contribution < 1.29 is 14.2 Å². The lowest BCUT2D eigenvalue weighted by molar-refractivity contribution is 0.0339. The molecule has 1 saturated heterocycles. The first-order valence-electron chi connectivity index (χ1n) is 10.0. The molecule has 0 spiro atoms. The molecule has 1 aromatic carbocycles. The molecular formula is C22H25N5O3. The van der Waals surface area contributed by atoms with Crippen LogP contribution in [0.15, 0.2) is 54.2 Å². The van der Waals surface area contributed by atoms with E-state index in [1.165, 1.54) is 0 Å². The molecule has 2 aromatic rings. The predicted molar refractivity (Wildman–Crippen MR) is 110 cm³/mol. The number of benzene rings is 1. The third-order valence-corrected chi connectivity index (χ3v) is 5.43. The van der Waals surface area contributed by atoms with Crippen LogP contribution in [0, 0.1) is 17.2 Å². The monoisotopic (exact) mass is 407 g/mol. The van der Waals surface area contributed by atoms with E-state index in [9.17, 15) is 5.26 Å². The van der Waals surface area contributed by atoms with E-state index >= 15 is 0 Å². The van der Waals surface area contributed by atoms with Crippen molar-refractivity contribution in [2.75, 3.05) is 13.2 Å². The van der Waals surface area contributed by atoms with Crippen LogP contribution in [0.4, 0.5) is 0 Å². The van der Waals surface area contributed by atoms with Crippen LogP contribution in [0.25, 0.3) is 0 Å². The van der Waals surface area contributed by atoms with Crippen molar-refractivity contribution in [3.8, 4) is 17.6 Å². The van der Waals surface area contributed by atoms with E-state index in [-0.39, 0.29) is 23.8 Å². The van der Waals surface area contributed by atoms with E-state index in [0.29, 0.717) is 18.8 Å². The van der Waals surface area contributed by atoms with Crippen LogP contribution in [0.2, 0.25) is 0 Å². The Bertz CT molecular complexity index is 972. The second-order valence-electron chi connectivity index (χ2n) is 7.10. The molecule has 1 fully saturated rings. The minimum Gasteiger partial charge on any atom is -0.494 e. The maximum atomic E-state index is 9.83. The van der Waals surface area contributed by atoms with Gasteiger partial charge in [-0.15, -0.1) is 0 Å². The second kappa shape index (κ2) is 8.61. The SMILES string of the molecule is CCOc1ccc(C2NNC3OC(N)=C(C#N)C(c4cccnc4)C32)c(OCC)c1. The van der Waals surface area contributed by atoms with Gasteiger partial charge in [0, 0.05) is 35.9 Å². The van der Waals surface area contributed by atoms with Gasteiger partial charge in [-0.1, -0.05) is 12.1 Å². The number of nitrogens with two attached hydrogens (primary N) is 1. The first-order chi connectivity index (χ1) is 14.7. The van der Waals surface area contributed by atoms with Crippen molar-refractivity contribution in [1.29, 1.82) is 5.26 Å². The highest BCUT2D eigenvalue weighted by molar-refractivity contribution is 5.46. The molecule has 0 aliphatic carbocycles. The first-order valence-corrected chi connectivity index (χ1v) is 10.0. The highest BCUT2D eigenvalue weighted by Crippen LogP contribution is 2.48. The van der Waals surface area contributed by atoms with Gasteiger partial charge < -0.3 is 19.9 Å². The van der Waals surface area contributed by atoms with Gasteiger partial charge in [0.1, 0.15) is 17.6 Å². The molecule has 0 amide bonds. The quantitative estimate of drug-likeness (QED) is 0.669. The van der Waals surface area contributed by atoms with E-state index in [0.717, 1.165) is 22.6 Å². The molecule has 3 heterocycles. The van der Waals surface area contributed by atoms with Crippen molar-refractivity contribution in [2.24, 2.45) is 11.7 Å². The minimum atomic E-state index is -0.404. The number of ether oxygens (including phenoxy) is 3. The number of rotatable bonds is 6. The lowest BCUT2D eigenvalue weighted by Gasteiger charge is -2.36. The van der Waals surface area contributed by atoms with Crippen LogP contribution >= 0.6 is 0 Å². The van der Waals surface area contributed by atoms with E-state index in [1.807, 2.05) is 44.2 Å². The topological polar surface area (TPSA) is 114 Å². The minimum absolute atomic E-state index is 0.138. The Balaban J connectivity index is 1.79. The summed E-state index contributed by atoms with van der Waals surface area (Å²) in [4.78, 5) is 4.25. The molecule has 4 atom stereocenters. The molecular weight excluding hydrogens is 382 g/mol. The van der Waals surface area contributed by atoms with Gasteiger partial charge in [0.15, 0.2) is 6.23 Å². The molecule has 8 nitrogen and oxygen atoms in total. The third-order valence-electron chi connectivity index (χ3n) is 5.43. The number of aromatic nitrogens is 1. The van der Waals surface area contributed by atoms with Crippen LogP contribution in [0.3, 0.4) is 0 Å². The van der Waals surface area contributed by atoms with Gasteiger partial charge in [0.2, 0.25) is 5.88 Å². The average Bonchev–Trinajstić information content (AvgIpc) is 3.17. The molecule has 156 valence electrons. The van der Waals surface area contributed by atoms with E-state index in [1.54, 1.807) is 12.4 Å². The van der Waals surface area contributed by atoms with Gasteiger partial charge in [0.05, 0.1) is 24.8 Å². The summed E-state index contributed by atoms with van der Waals surface area (Å²) in [6.07, 6.45) is 3.08. The van der Waals surface area contributed by atoms with Crippen LogP contribution < -0.4 is 26.1 Å². The van der Waals surface area contributed by atoms with Gasteiger partial charge in [0.25, 0.3) is 0 Å². The highest BCUT2D eigenvalue weighted by Gasteiger charge is 2.50. The molecule has 2 aliphatic heterocycles. The largest absolute Gasteiger partial charge is 0.494 e. The average molecular weight is 407 g/mol. The third kappa shape index (κ3) is 3.54. The Morgan fingerprint density at radius 2 is 2.03 bits per heavy atom. The number of nitriles is 1. The number of hydrazine groups is 1. The lowest BCUT2D eigenvalue weighted by atomic mass is 9.74. The molecule has 0 saturated carbocycles. The molecule has 0 bridgehead atoms.